The van der Waals surface area contributed by atoms with Crippen molar-refractivity contribution in [2.24, 2.45) is 0 Å². The highest BCUT2D eigenvalue weighted by atomic mass is 16.5. The lowest BCUT2D eigenvalue weighted by Gasteiger charge is -2.16. The number of hydrogen-bond acceptors (Lipinski definition) is 5. The third-order valence-electron chi connectivity index (χ3n) is 5.33. The lowest BCUT2D eigenvalue weighted by molar-refractivity contribution is 0.0474. The lowest BCUT2D eigenvalue weighted by Crippen LogP contribution is -2.24. The monoisotopic (exact) mass is 377 g/mol. The second-order valence-corrected chi connectivity index (χ2v) is 7.12. The maximum absolute atomic E-state index is 12.4. The predicted molar refractivity (Wildman–Crippen MR) is 101 cm³/mol. The third kappa shape index (κ3) is 3.11. The van der Waals surface area contributed by atoms with E-state index in [1.807, 2.05) is 12.1 Å². The molecule has 0 radical (unpaired) electrons. The van der Waals surface area contributed by atoms with Gasteiger partial charge in [0.15, 0.2) is 12.4 Å². The fourth-order valence-electron chi connectivity index (χ4n) is 3.69. The van der Waals surface area contributed by atoms with Crippen LogP contribution < -0.4 is 0 Å². The molecule has 6 heteroatoms. The van der Waals surface area contributed by atoms with Crippen LogP contribution in [0.15, 0.2) is 36.4 Å². The van der Waals surface area contributed by atoms with Gasteiger partial charge in [0.2, 0.25) is 0 Å². The predicted octanol–water partition coefficient (Wildman–Crippen LogP) is 2.83. The number of esters is 1. The maximum atomic E-state index is 12.4. The number of nitrogens with zero attached hydrogens (tertiary/aromatic N) is 1. The molecule has 28 heavy (non-hydrogen) atoms. The van der Waals surface area contributed by atoms with Crippen molar-refractivity contribution in [3.8, 4) is 0 Å². The van der Waals surface area contributed by atoms with E-state index in [0.29, 0.717) is 5.56 Å². The summed E-state index contributed by atoms with van der Waals surface area (Å²) in [6.07, 6.45) is 4.29. The number of ketones is 1. The zero-order valence-corrected chi connectivity index (χ0v) is 15.5. The first-order valence-corrected chi connectivity index (χ1v) is 9.24. The number of amides is 2. The topological polar surface area (TPSA) is 80.8 Å². The Morgan fingerprint density at radius 3 is 2.36 bits per heavy atom. The third-order valence-corrected chi connectivity index (χ3v) is 5.33. The SMILES string of the molecule is CN1C(=O)c2ccc(C(=O)OCC(=O)c3ccc4c(c3)CCCC4)cc2C1=O. The average molecular weight is 377 g/mol. The summed E-state index contributed by atoms with van der Waals surface area (Å²) in [7, 11) is 1.39. The standard InChI is InChI=1S/C22H19NO5/c1-23-20(25)17-9-8-16(11-18(17)21(23)26)22(27)28-12-19(24)15-7-6-13-4-2-3-5-14(13)10-15/h6-11H,2-5,12H2,1H3. The molecule has 1 heterocycles. The number of carbonyl (C=O) groups is 4. The summed E-state index contributed by atoms with van der Waals surface area (Å²) in [6, 6.07) is 9.83. The Morgan fingerprint density at radius 1 is 0.893 bits per heavy atom. The first-order chi connectivity index (χ1) is 13.5. The van der Waals surface area contributed by atoms with Crippen molar-refractivity contribution in [1.29, 1.82) is 0 Å². The Balaban J connectivity index is 1.44. The molecule has 142 valence electrons. The van der Waals surface area contributed by atoms with E-state index >= 15 is 0 Å². The van der Waals surface area contributed by atoms with Gasteiger partial charge < -0.3 is 4.74 Å². The van der Waals surface area contributed by atoms with Crippen LogP contribution >= 0.6 is 0 Å². The highest BCUT2D eigenvalue weighted by Gasteiger charge is 2.33. The maximum Gasteiger partial charge on any atom is 0.338 e. The quantitative estimate of drug-likeness (QED) is 0.465. The van der Waals surface area contributed by atoms with E-state index in [1.165, 1.54) is 42.8 Å². The smallest absolute Gasteiger partial charge is 0.338 e. The fourth-order valence-corrected chi connectivity index (χ4v) is 3.69. The molecule has 0 atom stereocenters. The largest absolute Gasteiger partial charge is 0.454 e. The minimum atomic E-state index is -0.705. The van der Waals surface area contributed by atoms with Gasteiger partial charge in [0.1, 0.15) is 0 Å². The van der Waals surface area contributed by atoms with Gasteiger partial charge in [0.25, 0.3) is 11.8 Å². The van der Waals surface area contributed by atoms with Crippen molar-refractivity contribution in [3.63, 3.8) is 0 Å². The van der Waals surface area contributed by atoms with E-state index in [0.717, 1.165) is 24.2 Å². The molecule has 1 aliphatic carbocycles. The molecule has 2 aromatic rings. The summed E-state index contributed by atoms with van der Waals surface area (Å²) in [6.45, 7) is -0.374. The summed E-state index contributed by atoms with van der Waals surface area (Å²) in [5.41, 5.74) is 3.56. The van der Waals surface area contributed by atoms with Crippen LogP contribution in [-0.2, 0) is 17.6 Å². The Hall–Kier alpha value is -3.28. The van der Waals surface area contributed by atoms with Gasteiger partial charge in [0, 0.05) is 12.6 Å². The van der Waals surface area contributed by atoms with Crippen LogP contribution in [0.1, 0.15) is 65.4 Å². The van der Waals surface area contributed by atoms with Crippen LogP contribution in [0, 0.1) is 0 Å². The van der Waals surface area contributed by atoms with Crippen molar-refractivity contribution in [1.82, 2.24) is 4.90 Å². The molecule has 0 saturated heterocycles. The van der Waals surface area contributed by atoms with Crippen molar-refractivity contribution < 1.29 is 23.9 Å². The molecule has 4 rings (SSSR count). The summed E-state index contributed by atoms with van der Waals surface area (Å²) >= 11 is 0. The Kier molecular flexibility index (Phi) is 4.55. The van der Waals surface area contributed by atoms with E-state index in [2.05, 4.69) is 0 Å². The number of benzene rings is 2. The summed E-state index contributed by atoms with van der Waals surface area (Å²) in [4.78, 5) is 49.7. The molecular formula is C22H19NO5. The van der Waals surface area contributed by atoms with E-state index < -0.39 is 17.8 Å². The first-order valence-electron chi connectivity index (χ1n) is 9.24. The van der Waals surface area contributed by atoms with Crippen LogP contribution in [0.25, 0.3) is 0 Å². The molecular weight excluding hydrogens is 358 g/mol. The van der Waals surface area contributed by atoms with Crippen LogP contribution in [0.3, 0.4) is 0 Å². The molecule has 0 N–H and O–H groups in total. The van der Waals surface area contributed by atoms with Crippen molar-refractivity contribution in [2.75, 3.05) is 13.7 Å². The second kappa shape index (κ2) is 7.03. The van der Waals surface area contributed by atoms with Crippen LogP contribution in [0.2, 0.25) is 0 Å². The van der Waals surface area contributed by atoms with Gasteiger partial charge in [-0.05, 0) is 61.1 Å². The molecule has 1 aliphatic heterocycles. The Labute approximate surface area is 162 Å². The minimum Gasteiger partial charge on any atom is -0.454 e. The Morgan fingerprint density at radius 2 is 1.57 bits per heavy atom. The highest BCUT2D eigenvalue weighted by Crippen LogP contribution is 2.24. The van der Waals surface area contributed by atoms with Gasteiger partial charge in [-0.25, -0.2) is 4.79 Å². The van der Waals surface area contributed by atoms with Crippen molar-refractivity contribution in [2.45, 2.75) is 25.7 Å². The lowest BCUT2D eigenvalue weighted by atomic mass is 9.90. The van der Waals surface area contributed by atoms with Gasteiger partial charge in [0.05, 0.1) is 16.7 Å². The van der Waals surface area contributed by atoms with Crippen LogP contribution in [0.4, 0.5) is 0 Å². The molecule has 6 nitrogen and oxygen atoms in total. The zero-order chi connectivity index (χ0) is 19.8. The van der Waals surface area contributed by atoms with E-state index in [1.54, 1.807) is 6.07 Å². The van der Waals surface area contributed by atoms with Crippen molar-refractivity contribution >= 4 is 23.6 Å². The van der Waals surface area contributed by atoms with Gasteiger partial charge in [-0.1, -0.05) is 12.1 Å². The van der Waals surface area contributed by atoms with E-state index in [-0.39, 0.29) is 29.1 Å². The number of imide groups is 1. The molecule has 2 aromatic carbocycles. The number of Topliss-reactive ketones (excluding diaryl/α,β-unsaturated/α-hetero) is 1. The zero-order valence-electron chi connectivity index (χ0n) is 15.5. The van der Waals surface area contributed by atoms with E-state index in [9.17, 15) is 19.2 Å². The Bertz CT molecular complexity index is 1020. The normalized spacial score (nSPS) is 15.2. The minimum absolute atomic E-state index is 0.133. The van der Waals surface area contributed by atoms with Crippen LogP contribution in [-0.4, -0.2) is 42.1 Å². The number of fused-ring (bicyclic) bond motifs is 2. The molecule has 0 aromatic heterocycles. The summed E-state index contributed by atoms with van der Waals surface area (Å²) < 4.78 is 5.14. The van der Waals surface area contributed by atoms with Gasteiger partial charge >= 0.3 is 5.97 Å². The second-order valence-electron chi connectivity index (χ2n) is 7.12. The molecule has 0 unspecified atom stereocenters. The number of aryl methyl sites for hydroxylation is 2. The molecule has 0 spiro atoms. The molecule has 2 amide bonds. The summed E-state index contributed by atoms with van der Waals surface area (Å²) in [5, 5.41) is 0. The number of hydrogen-bond donors (Lipinski definition) is 0. The number of rotatable bonds is 4. The van der Waals surface area contributed by atoms with Gasteiger partial charge in [-0.3, -0.25) is 19.3 Å². The van der Waals surface area contributed by atoms with Gasteiger partial charge in [-0.15, -0.1) is 0 Å². The summed E-state index contributed by atoms with van der Waals surface area (Å²) in [5.74, 6) is -1.83. The van der Waals surface area contributed by atoms with Gasteiger partial charge in [-0.2, -0.15) is 0 Å². The van der Waals surface area contributed by atoms with E-state index in [4.69, 9.17) is 4.74 Å². The first kappa shape index (κ1) is 18.1. The average Bonchev–Trinajstić information content (AvgIpc) is 2.95. The number of carbonyl (C=O) groups excluding carboxylic acids is 4. The molecule has 0 fully saturated rings. The van der Waals surface area contributed by atoms with Crippen molar-refractivity contribution in [3.05, 3.63) is 69.8 Å². The molecule has 0 saturated carbocycles. The molecule has 2 aliphatic rings. The molecule has 0 bridgehead atoms. The fraction of sp³-hybridized carbons (Fsp3) is 0.273. The highest BCUT2D eigenvalue weighted by molar-refractivity contribution is 6.21. The number of ether oxygens (including phenoxy) is 1. The van der Waals surface area contributed by atoms with Crippen LogP contribution in [0.5, 0.6) is 0 Å².